The number of hydrogen-bond acceptors (Lipinski definition) is 11. The fourth-order valence-corrected chi connectivity index (χ4v) is 8.13. The Morgan fingerprint density at radius 2 is 1.58 bits per heavy atom. The summed E-state index contributed by atoms with van der Waals surface area (Å²) in [6.07, 6.45) is 7.44. The molecule has 2 aliphatic rings. The number of amides is 3. The van der Waals surface area contributed by atoms with Crippen LogP contribution >= 0.6 is 0 Å². The van der Waals surface area contributed by atoms with Gasteiger partial charge in [-0.05, 0) is 55.1 Å². The Morgan fingerprint density at radius 1 is 0.797 bits per heavy atom. The van der Waals surface area contributed by atoms with Gasteiger partial charge in [-0.1, -0.05) is 54.6 Å². The van der Waals surface area contributed by atoms with Crippen LogP contribution in [0.1, 0.15) is 32.9 Å². The van der Waals surface area contributed by atoms with Gasteiger partial charge in [0.15, 0.2) is 0 Å². The quantitative estimate of drug-likeness (QED) is 0.164. The van der Waals surface area contributed by atoms with Gasteiger partial charge in [0.05, 0.1) is 51.5 Å². The minimum atomic E-state index is -0.616. The minimum absolute atomic E-state index is 0.0191. The molecule has 0 spiro atoms. The van der Waals surface area contributed by atoms with Gasteiger partial charge in [0.1, 0.15) is 11.5 Å². The van der Waals surface area contributed by atoms with E-state index in [1.807, 2.05) is 72.8 Å². The number of carbonyl (C=O) groups excluding carboxylic acids is 3. The highest BCUT2D eigenvalue weighted by atomic mass is 19.1. The van der Waals surface area contributed by atoms with Crippen LogP contribution in [0.2, 0.25) is 0 Å². The highest BCUT2D eigenvalue weighted by molar-refractivity contribution is 6.50. The number of H-pyrrole nitrogens is 1. The Labute approximate surface area is 364 Å². The van der Waals surface area contributed by atoms with Crippen molar-refractivity contribution in [3.63, 3.8) is 0 Å². The van der Waals surface area contributed by atoms with E-state index in [4.69, 9.17) is 9.97 Å². The lowest BCUT2D eigenvalue weighted by Crippen LogP contribution is -2.45. The highest BCUT2D eigenvalue weighted by Gasteiger charge is 2.36. The van der Waals surface area contributed by atoms with Crippen molar-refractivity contribution in [2.24, 2.45) is 0 Å². The first-order chi connectivity index (χ1) is 31.2. The van der Waals surface area contributed by atoms with Crippen LogP contribution in [-0.2, 0) is 16.0 Å². The third-order valence-electron chi connectivity index (χ3n) is 11.5. The first-order valence-corrected chi connectivity index (χ1v) is 20.6. The van der Waals surface area contributed by atoms with Gasteiger partial charge in [0, 0.05) is 84.8 Å². The molecule has 7 heterocycles. The lowest BCUT2D eigenvalue weighted by Gasteiger charge is -2.32. The number of piperazine rings is 1. The monoisotopic (exact) mass is 850 g/mol. The zero-order valence-corrected chi connectivity index (χ0v) is 34.7. The molecule has 0 aliphatic carbocycles. The second kappa shape index (κ2) is 16.6. The summed E-state index contributed by atoms with van der Waals surface area (Å²) in [5, 5.41) is 12.2. The van der Waals surface area contributed by atoms with Crippen molar-refractivity contribution in [3.05, 3.63) is 156 Å². The molecule has 16 heteroatoms. The van der Waals surface area contributed by atoms with E-state index in [1.54, 1.807) is 35.4 Å². The number of aromatic nitrogens is 8. The van der Waals surface area contributed by atoms with Crippen molar-refractivity contribution in [2.45, 2.75) is 6.42 Å². The van der Waals surface area contributed by atoms with Crippen LogP contribution in [0, 0.1) is 5.82 Å². The van der Waals surface area contributed by atoms with E-state index in [9.17, 15) is 18.8 Å². The maximum absolute atomic E-state index is 14.4. The Balaban J connectivity index is 0.000000152. The van der Waals surface area contributed by atoms with E-state index in [0.29, 0.717) is 51.8 Å². The van der Waals surface area contributed by atoms with Gasteiger partial charge >= 0.3 is 0 Å². The van der Waals surface area contributed by atoms with Crippen molar-refractivity contribution in [1.29, 1.82) is 0 Å². The number of para-hydroxylation sites is 2. The zero-order valence-electron chi connectivity index (χ0n) is 34.7. The summed E-state index contributed by atoms with van der Waals surface area (Å²) in [7, 11) is 3.55. The van der Waals surface area contributed by atoms with Crippen molar-refractivity contribution in [3.8, 4) is 11.3 Å². The molecular formula is C48H39FN12O3. The molecule has 3 amide bonds. The molecular weight excluding hydrogens is 812 g/mol. The second-order valence-electron chi connectivity index (χ2n) is 15.5. The lowest BCUT2D eigenvalue weighted by molar-refractivity contribution is -0.122. The van der Waals surface area contributed by atoms with Gasteiger partial charge < -0.3 is 20.1 Å². The molecule has 2 aliphatic heterocycles. The van der Waals surface area contributed by atoms with E-state index in [0.717, 1.165) is 70.1 Å². The van der Waals surface area contributed by atoms with Crippen molar-refractivity contribution >= 4 is 73.3 Å². The predicted octanol–water partition coefficient (Wildman–Crippen LogP) is 5.86. The molecule has 0 unspecified atom stereocenters. The number of imide groups is 1. The lowest BCUT2D eigenvalue weighted by atomic mass is 9.97. The number of nitrogens with one attached hydrogen (secondary N) is 3. The average molecular weight is 851 g/mol. The number of rotatable bonds is 7. The third kappa shape index (κ3) is 7.45. The summed E-state index contributed by atoms with van der Waals surface area (Å²) in [6.45, 7) is 3.42. The van der Waals surface area contributed by atoms with Crippen LogP contribution < -0.4 is 15.5 Å². The number of carbonyl (C=O) groups is 3. The number of fused-ring (bicyclic) bond motifs is 4. The molecule has 5 aromatic heterocycles. The largest absolute Gasteiger partial charge is 0.361 e. The Kier molecular flexibility index (Phi) is 10.3. The van der Waals surface area contributed by atoms with Gasteiger partial charge in [-0.2, -0.15) is 5.10 Å². The molecule has 11 rings (SSSR count). The topological polar surface area (TPSA) is 179 Å². The van der Waals surface area contributed by atoms with Crippen molar-refractivity contribution in [1.82, 2.24) is 55.1 Å². The zero-order chi connectivity index (χ0) is 43.9. The Bertz CT molecular complexity index is 3350. The molecule has 0 radical (unpaired) electrons. The molecule has 64 heavy (non-hydrogen) atoms. The number of benzene rings is 4. The van der Waals surface area contributed by atoms with E-state index >= 15 is 0 Å². The first kappa shape index (κ1) is 39.9. The molecule has 3 N–H and O–H groups in total. The van der Waals surface area contributed by atoms with Crippen LogP contribution in [0.4, 0.5) is 10.3 Å². The van der Waals surface area contributed by atoms with Crippen LogP contribution in [0.5, 0.6) is 0 Å². The van der Waals surface area contributed by atoms with Gasteiger partial charge in [-0.25, -0.2) is 28.8 Å². The summed E-state index contributed by atoms with van der Waals surface area (Å²) in [5.41, 5.74) is 7.32. The van der Waals surface area contributed by atoms with Gasteiger partial charge in [-0.15, -0.1) is 0 Å². The van der Waals surface area contributed by atoms with E-state index in [2.05, 4.69) is 58.6 Å². The summed E-state index contributed by atoms with van der Waals surface area (Å²) in [4.78, 5) is 68.1. The number of halogens is 1. The number of hydrogen-bond donors (Lipinski definition) is 3. The number of likely N-dealkylation sites (N-methyl/N-ethyl adjacent to an activating group) is 1. The van der Waals surface area contributed by atoms with E-state index in [-0.39, 0.29) is 5.56 Å². The molecule has 1 fully saturated rings. The van der Waals surface area contributed by atoms with E-state index in [1.165, 1.54) is 19.2 Å². The van der Waals surface area contributed by atoms with Crippen LogP contribution in [0.15, 0.2) is 122 Å². The smallest absolute Gasteiger partial charge is 0.261 e. The molecule has 0 atom stereocenters. The summed E-state index contributed by atoms with van der Waals surface area (Å²) >= 11 is 0. The summed E-state index contributed by atoms with van der Waals surface area (Å²) in [6, 6.07) is 29.8. The van der Waals surface area contributed by atoms with Gasteiger partial charge in [0.25, 0.3) is 23.5 Å². The second-order valence-corrected chi connectivity index (χ2v) is 15.5. The molecule has 15 nitrogen and oxygen atoms in total. The van der Waals surface area contributed by atoms with Crippen LogP contribution in [-0.4, -0.2) is 102 Å². The minimum Gasteiger partial charge on any atom is -0.361 e. The normalized spacial score (nSPS) is 14.4. The van der Waals surface area contributed by atoms with Crippen molar-refractivity contribution in [2.75, 3.05) is 45.2 Å². The summed E-state index contributed by atoms with van der Waals surface area (Å²) in [5.74, 6) is -0.905. The fraction of sp³-hybridized carbons (Fsp3) is 0.146. The molecule has 0 bridgehead atoms. The summed E-state index contributed by atoms with van der Waals surface area (Å²) < 4.78 is 16.0. The fourth-order valence-electron chi connectivity index (χ4n) is 8.13. The standard InChI is InChI=1S/C25H22N6O2.C23H17FN6O/c1-30-10-12-31(13-11-30)25-27-19-9-5-3-7-16(19)22(28-25)21-20(23(32)29-24(21)33)17-14-26-18-8-4-2-6-15(17)18;1-25-22(31)18-6-5-16(11-19(18)24)21-13-28-23-27-12-17(30(23)29-21)10-14-4-7-20-15(9-14)3-2-8-26-20/h2-9,14,26H,10-13H2,1H3,(H,29,32,33);2-9,11-13H,10H2,1H3,(H,25,31). The maximum Gasteiger partial charge on any atom is 0.261 e. The SMILES string of the molecule is CN1CCN(c2nc(C3=C(c4c[nH]c5ccccc45)C(=O)NC3=O)c3ccccc3n2)CC1.CNC(=O)c1ccc(-c2cnc3ncc(Cc4ccc5ncccc5c4)n3n2)cc1F. The molecule has 4 aromatic carbocycles. The predicted molar refractivity (Wildman–Crippen MR) is 242 cm³/mol. The molecule has 1 saturated heterocycles. The number of imidazole rings is 1. The number of aromatic amines is 1. The number of pyridine rings is 1. The first-order valence-electron chi connectivity index (χ1n) is 20.6. The molecule has 9 aromatic rings. The van der Waals surface area contributed by atoms with Crippen molar-refractivity contribution < 1.29 is 18.8 Å². The third-order valence-corrected chi connectivity index (χ3v) is 11.5. The van der Waals surface area contributed by atoms with Gasteiger partial charge in [0.2, 0.25) is 5.95 Å². The van der Waals surface area contributed by atoms with Crippen LogP contribution in [0.3, 0.4) is 0 Å². The Morgan fingerprint density at radius 3 is 2.41 bits per heavy atom. The maximum atomic E-state index is 14.4. The Hall–Kier alpha value is -8.24. The van der Waals surface area contributed by atoms with Crippen LogP contribution in [0.25, 0.3) is 60.9 Å². The highest BCUT2D eigenvalue weighted by Crippen LogP contribution is 2.37. The molecule has 0 saturated carbocycles. The van der Waals surface area contributed by atoms with Gasteiger partial charge in [-0.3, -0.25) is 24.7 Å². The molecule has 316 valence electrons. The number of anilines is 1. The van der Waals surface area contributed by atoms with E-state index < -0.39 is 23.5 Å². The number of nitrogens with zero attached hydrogens (tertiary/aromatic N) is 9. The average Bonchev–Trinajstić information content (AvgIpc) is 4.02.